The maximum atomic E-state index is 12.2. The van der Waals surface area contributed by atoms with Crippen LogP contribution in [0.15, 0.2) is 24.3 Å². The zero-order chi connectivity index (χ0) is 18.8. The van der Waals surface area contributed by atoms with Crippen molar-refractivity contribution >= 4 is 11.7 Å². The monoisotopic (exact) mass is 358 g/mol. The quantitative estimate of drug-likeness (QED) is 0.511. The maximum absolute atomic E-state index is 12.2. The lowest BCUT2D eigenvalue weighted by molar-refractivity contribution is -0.121. The highest BCUT2D eigenvalue weighted by Gasteiger charge is 2.15. The van der Waals surface area contributed by atoms with E-state index in [1.54, 1.807) is 0 Å². The predicted octanol–water partition coefficient (Wildman–Crippen LogP) is 3.84. The highest BCUT2D eigenvalue weighted by molar-refractivity contribution is 5.97. The molecular weight excluding hydrogens is 324 g/mol. The van der Waals surface area contributed by atoms with Crippen molar-refractivity contribution in [3.8, 4) is 0 Å². The predicted molar refractivity (Wildman–Crippen MR) is 106 cm³/mol. The minimum Gasteiger partial charge on any atom is -0.356 e. The van der Waals surface area contributed by atoms with Gasteiger partial charge in [0.25, 0.3) is 0 Å². The molecule has 1 N–H and O–H groups in total. The van der Waals surface area contributed by atoms with E-state index in [0.717, 1.165) is 31.7 Å². The fourth-order valence-electron chi connectivity index (χ4n) is 3.42. The van der Waals surface area contributed by atoms with Gasteiger partial charge in [0.1, 0.15) is 0 Å². The molecule has 2 rings (SSSR count). The number of rotatable bonds is 10. The molecule has 1 saturated heterocycles. The number of ketones is 1. The van der Waals surface area contributed by atoms with Gasteiger partial charge in [-0.15, -0.1) is 0 Å². The molecule has 1 aliphatic heterocycles. The molecule has 1 aromatic rings. The summed E-state index contributed by atoms with van der Waals surface area (Å²) in [6.07, 6.45) is 6.24. The van der Waals surface area contributed by atoms with Gasteiger partial charge in [-0.25, -0.2) is 0 Å². The van der Waals surface area contributed by atoms with Crippen LogP contribution in [0.25, 0.3) is 0 Å². The Balaban J connectivity index is 1.58. The summed E-state index contributed by atoms with van der Waals surface area (Å²) < 4.78 is 0. The summed E-state index contributed by atoms with van der Waals surface area (Å²) in [5, 5.41) is 2.95. The number of likely N-dealkylation sites (tertiary alicyclic amines) is 1. The summed E-state index contributed by atoms with van der Waals surface area (Å²) in [5.41, 5.74) is 1.96. The second kappa shape index (κ2) is 11.1. The SMILES string of the molecule is CCCc1ccc(C(=O)CCC(=O)NCCCN2CCC(C)CC2)cc1. The van der Waals surface area contributed by atoms with Crippen molar-refractivity contribution in [3.63, 3.8) is 0 Å². The number of nitrogens with zero attached hydrogens (tertiary/aromatic N) is 1. The Bertz CT molecular complexity index is 560. The molecule has 0 radical (unpaired) electrons. The summed E-state index contributed by atoms with van der Waals surface area (Å²) in [6, 6.07) is 7.78. The number of aryl methyl sites for hydroxylation is 1. The van der Waals surface area contributed by atoms with Gasteiger partial charge in [0.05, 0.1) is 0 Å². The van der Waals surface area contributed by atoms with Gasteiger partial charge in [0, 0.05) is 24.9 Å². The van der Waals surface area contributed by atoms with E-state index < -0.39 is 0 Å². The number of benzene rings is 1. The molecule has 0 bridgehead atoms. The first kappa shape index (κ1) is 20.6. The molecule has 144 valence electrons. The minimum atomic E-state index is -0.0202. The Kier molecular flexibility index (Phi) is 8.82. The number of hydrogen-bond acceptors (Lipinski definition) is 3. The third-order valence-corrected chi connectivity index (χ3v) is 5.24. The Morgan fingerprint density at radius 1 is 1.12 bits per heavy atom. The smallest absolute Gasteiger partial charge is 0.220 e. The first-order valence-electron chi connectivity index (χ1n) is 10.2. The second-order valence-corrected chi connectivity index (χ2v) is 7.60. The third-order valence-electron chi connectivity index (χ3n) is 5.24. The molecule has 0 atom stereocenters. The van der Waals surface area contributed by atoms with Gasteiger partial charge in [0.2, 0.25) is 5.91 Å². The Hall–Kier alpha value is -1.68. The van der Waals surface area contributed by atoms with E-state index in [0.29, 0.717) is 12.1 Å². The van der Waals surface area contributed by atoms with Crippen LogP contribution >= 0.6 is 0 Å². The van der Waals surface area contributed by atoms with Crippen LogP contribution in [0, 0.1) is 5.92 Å². The van der Waals surface area contributed by atoms with Gasteiger partial charge >= 0.3 is 0 Å². The second-order valence-electron chi connectivity index (χ2n) is 7.60. The molecule has 0 unspecified atom stereocenters. The number of Topliss-reactive ketones (excluding diaryl/α,β-unsaturated/α-hetero) is 1. The number of nitrogens with one attached hydrogen (secondary N) is 1. The molecule has 0 aliphatic carbocycles. The number of carbonyl (C=O) groups is 2. The summed E-state index contributed by atoms with van der Waals surface area (Å²) in [4.78, 5) is 26.6. The van der Waals surface area contributed by atoms with Gasteiger partial charge in [-0.1, -0.05) is 44.5 Å². The van der Waals surface area contributed by atoms with Crippen LogP contribution in [0.3, 0.4) is 0 Å². The summed E-state index contributed by atoms with van der Waals surface area (Å²) in [5.74, 6) is 0.880. The number of hydrogen-bond donors (Lipinski definition) is 1. The standard InChI is InChI=1S/C22H34N2O2/c1-3-5-19-6-8-20(9-7-19)21(25)10-11-22(26)23-14-4-15-24-16-12-18(2)13-17-24/h6-9,18H,3-5,10-17H2,1-2H3,(H,23,26). The molecule has 1 heterocycles. The van der Waals surface area contributed by atoms with E-state index in [2.05, 4.69) is 24.1 Å². The van der Waals surface area contributed by atoms with Crippen molar-refractivity contribution in [1.29, 1.82) is 0 Å². The minimum absolute atomic E-state index is 0.0202. The van der Waals surface area contributed by atoms with E-state index in [1.807, 2.05) is 24.3 Å². The van der Waals surface area contributed by atoms with Gasteiger partial charge in [-0.05, 0) is 56.8 Å². The molecule has 26 heavy (non-hydrogen) atoms. The van der Waals surface area contributed by atoms with Crippen LogP contribution in [0.5, 0.6) is 0 Å². The molecule has 0 saturated carbocycles. The van der Waals surface area contributed by atoms with Crippen LogP contribution in [-0.4, -0.2) is 42.8 Å². The average molecular weight is 359 g/mol. The van der Waals surface area contributed by atoms with E-state index in [-0.39, 0.29) is 24.5 Å². The molecular formula is C22H34N2O2. The number of amides is 1. The maximum Gasteiger partial charge on any atom is 0.220 e. The van der Waals surface area contributed by atoms with Crippen molar-refractivity contribution in [2.24, 2.45) is 5.92 Å². The fraction of sp³-hybridized carbons (Fsp3) is 0.636. The molecule has 1 aliphatic rings. The first-order chi connectivity index (χ1) is 12.6. The van der Waals surface area contributed by atoms with Crippen LogP contribution in [0.4, 0.5) is 0 Å². The van der Waals surface area contributed by atoms with E-state index in [9.17, 15) is 9.59 Å². The number of piperidine rings is 1. The van der Waals surface area contributed by atoms with Crippen LogP contribution < -0.4 is 5.32 Å². The van der Waals surface area contributed by atoms with E-state index >= 15 is 0 Å². The zero-order valence-electron chi connectivity index (χ0n) is 16.4. The van der Waals surface area contributed by atoms with Crippen LogP contribution in [0.1, 0.15) is 68.3 Å². The van der Waals surface area contributed by atoms with Gasteiger partial charge in [0.15, 0.2) is 5.78 Å². The third kappa shape index (κ3) is 7.28. The summed E-state index contributed by atoms with van der Waals surface area (Å²) in [6.45, 7) is 8.57. The van der Waals surface area contributed by atoms with Crippen LogP contribution in [-0.2, 0) is 11.2 Å². The van der Waals surface area contributed by atoms with Crippen molar-refractivity contribution in [2.45, 2.75) is 58.8 Å². The summed E-state index contributed by atoms with van der Waals surface area (Å²) in [7, 11) is 0. The molecule has 1 fully saturated rings. The van der Waals surface area contributed by atoms with Crippen molar-refractivity contribution in [2.75, 3.05) is 26.2 Å². The molecule has 0 spiro atoms. The zero-order valence-corrected chi connectivity index (χ0v) is 16.4. The van der Waals surface area contributed by atoms with Gasteiger partial charge in [-0.3, -0.25) is 9.59 Å². The van der Waals surface area contributed by atoms with Crippen molar-refractivity contribution in [1.82, 2.24) is 10.2 Å². The van der Waals surface area contributed by atoms with Gasteiger partial charge in [-0.2, -0.15) is 0 Å². The largest absolute Gasteiger partial charge is 0.356 e. The Morgan fingerprint density at radius 3 is 2.46 bits per heavy atom. The van der Waals surface area contributed by atoms with Crippen molar-refractivity contribution < 1.29 is 9.59 Å². The highest BCUT2D eigenvalue weighted by Crippen LogP contribution is 2.15. The molecule has 0 aromatic heterocycles. The lowest BCUT2D eigenvalue weighted by Gasteiger charge is -2.30. The fourth-order valence-corrected chi connectivity index (χ4v) is 3.42. The average Bonchev–Trinajstić information content (AvgIpc) is 2.65. The van der Waals surface area contributed by atoms with Crippen molar-refractivity contribution in [3.05, 3.63) is 35.4 Å². The lowest BCUT2D eigenvalue weighted by atomic mass is 9.99. The van der Waals surface area contributed by atoms with E-state index in [1.165, 1.54) is 31.5 Å². The van der Waals surface area contributed by atoms with Crippen LogP contribution in [0.2, 0.25) is 0 Å². The Labute approximate surface area is 158 Å². The summed E-state index contributed by atoms with van der Waals surface area (Å²) >= 11 is 0. The topological polar surface area (TPSA) is 49.4 Å². The van der Waals surface area contributed by atoms with E-state index in [4.69, 9.17) is 0 Å². The first-order valence-corrected chi connectivity index (χ1v) is 10.2. The molecule has 1 amide bonds. The molecule has 4 heteroatoms. The number of carbonyl (C=O) groups excluding carboxylic acids is 2. The lowest BCUT2D eigenvalue weighted by Crippen LogP contribution is -2.35. The Morgan fingerprint density at radius 2 is 1.81 bits per heavy atom. The molecule has 1 aromatic carbocycles. The van der Waals surface area contributed by atoms with Gasteiger partial charge < -0.3 is 10.2 Å². The normalized spacial score (nSPS) is 15.8. The molecule has 4 nitrogen and oxygen atoms in total. The highest BCUT2D eigenvalue weighted by atomic mass is 16.2.